The molecular weight excluding hydrogens is 482 g/mol. The molecule has 1 aliphatic rings. The van der Waals surface area contributed by atoms with Gasteiger partial charge < -0.3 is 20.3 Å². The molecule has 1 aromatic carbocycles. The number of carbonyl (C=O) groups excluding carboxylic acids is 3. The van der Waals surface area contributed by atoms with Crippen LogP contribution in [0.15, 0.2) is 30.6 Å². The van der Waals surface area contributed by atoms with E-state index in [9.17, 15) is 14.4 Å². The molecule has 1 aliphatic heterocycles. The van der Waals surface area contributed by atoms with E-state index < -0.39 is 0 Å². The first-order valence-corrected chi connectivity index (χ1v) is 12.9. The van der Waals surface area contributed by atoms with Crippen LogP contribution in [-0.2, 0) is 16.0 Å². The predicted molar refractivity (Wildman–Crippen MR) is 138 cm³/mol. The number of aromatic nitrogens is 2. The van der Waals surface area contributed by atoms with Crippen molar-refractivity contribution in [2.75, 3.05) is 26.2 Å². The average molecular weight is 518 g/mol. The van der Waals surface area contributed by atoms with Crippen LogP contribution < -0.4 is 15.4 Å². The van der Waals surface area contributed by atoms with E-state index in [-0.39, 0.29) is 36.9 Å². The first-order chi connectivity index (χ1) is 17.3. The van der Waals surface area contributed by atoms with Gasteiger partial charge in [0, 0.05) is 30.7 Å². The number of H-pyrrole nitrogens is 1. The number of halogens is 1. The summed E-state index contributed by atoms with van der Waals surface area (Å²) in [5.41, 5.74) is 1.41. The summed E-state index contributed by atoms with van der Waals surface area (Å²) in [6, 6.07) is 4.67. The van der Waals surface area contributed by atoms with E-state index in [4.69, 9.17) is 16.3 Å². The number of fused-ring (bicyclic) bond motifs is 1. The van der Waals surface area contributed by atoms with Crippen LogP contribution in [0.4, 0.5) is 0 Å². The van der Waals surface area contributed by atoms with Crippen molar-refractivity contribution in [3.63, 3.8) is 0 Å². The molecule has 9 nitrogen and oxygen atoms in total. The number of carbonyl (C=O) groups is 3. The molecule has 0 spiro atoms. The average Bonchev–Trinajstić information content (AvgIpc) is 3.34. The topological polar surface area (TPSA) is 116 Å². The molecule has 0 radical (unpaired) electrons. The lowest BCUT2D eigenvalue weighted by molar-refractivity contribution is -0.136. The van der Waals surface area contributed by atoms with Crippen molar-refractivity contribution in [3.8, 4) is 5.75 Å². The Morgan fingerprint density at radius 3 is 2.86 bits per heavy atom. The van der Waals surface area contributed by atoms with Gasteiger partial charge in [-0.25, -0.2) is 0 Å². The summed E-state index contributed by atoms with van der Waals surface area (Å²) < 4.78 is 5.99. The van der Waals surface area contributed by atoms with Crippen LogP contribution in [0.25, 0.3) is 0 Å². The molecule has 0 aliphatic carbocycles. The van der Waals surface area contributed by atoms with E-state index in [1.165, 1.54) is 0 Å². The Kier molecular flexibility index (Phi) is 10.6. The highest BCUT2D eigenvalue weighted by Crippen LogP contribution is 2.24. The first-order valence-electron chi connectivity index (χ1n) is 12.6. The van der Waals surface area contributed by atoms with Gasteiger partial charge in [-0.2, -0.15) is 5.10 Å². The zero-order valence-corrected chi connectivity index (χ0v) is 21.8. The largest absolute Gasteiger partial charge is 0.491 e. The van der Waals surface area contributed by atoms with Gasteiger partial charge in [-0.15, -0.1) is 0 Å². The number of aromatic amines is 1. The quantitative estimate of drug-likeness (QED) is 0.543. The molecule has 10 heteroatoms. The van der Waals surface area contributed by atoms with E-state index in [2.05, 4.69) is 34.7 Å². The monoisotopic (exact) mass is 517 g/mol. The number of hydrogen-bond donors (Lipinski definition) is 3. The molecule has 3 rings (SSSR count). The Hall–Kier alpha value is -3.07. The third-order valence-corrected chi connectivity index (χ3v) is 6.22. The van der Waals surface area contributed by atoms with Crippen LogP contribution in [-0.4, -0.2) is 65.1 Å². The molecule has 3 amide bonds. The van der Waals surface area contributed by atoms with Gasteiger partial charge in [-0.05, 0) is 61.8 Å². The first kappa shape index (κ1) is 27.5. The number of nitrogens with zero attached hydrogens (tertiary/aromatic N) is 2. The fourth-order valence-electron chi connectivity index (χ4n) is 4.21. The van der Waals surface area contributed by atoms with Crippen molar-refractivity contribution >= 4 is 29.3 Å². The molecule has 0 saturated heterocycles. The van der Waals surface area contributed by atoms with Gasteiger partial charge in [-0.1, -0.05) is 25.4 Å². The zero-order valence-electron chi connectivity index (χ0n) is 21.0. The fraction of sp³-hybridized carbons (Fsp3) is 0.538. The number of benzene rings is 1. The molecule has 196 valence electrons. The van der Waals surface area contributed by atoms with Crippen molar-refractivity contribution in [1.82, 2.24) is 25.7 Å². The van der Waals surface area contributed by atoms with Crippen molar-refractivity contribution < 1.29 is 19.1 Å². The number of rotatable bonds is 6. The smallest absolute Gasteiger partial charge is 0.255 e. The Balaban J connectivity index is 1.70. The number of hydrogen-bond acceptors (Lipinski definition) is 5. The maximum atomic E-state index is 13.0. The second kappa shape index (κ2) is 13.9. The highest BCUT2D eigenvalue weighted by atomic mass is 35.5. The van der Waals surface area contributed by atoms with Crippen LogP contribution in [0.1, 0.15) is 61.9 Å². The van der Waals surface area contributed by atoms with E-state index in [1.807, 2.05) is 6.20 Å². The normalized spacial score (nSPS) is 17.9. The number of nitrogens with one attached hydrogen (secondary N) is 3. The van der Waals surface area contributed by atoms with E-state index in [1.54, 1.807) is 29.3 Å². The standard InChI is InChI=1S/C26H36ClN5O4/c1-18(2)12-21-17-36-23-9-8-20(27)13-22(23)26(35)28-10-3-4-11-32(16-24(33)31-21)25(34)7-5-6-19-14-29-30-15-19/h8-9,13-15,18,21H,3-7,10-12,16-17H2,1-2H3,(H,28,35)(H,29,30)(H,31,33)/t21-/m0/s1. The molecule has 0 bridgehead atoms. The molecule has 1 aromatic heterocycles. The van der Waals surface area contributed by atoms with E-state index in [0.717, 1.165) is 12.0 Å². The van der Waals surface area contributed by atoms with Gasteiger partial charge in [-0.3, -0.25) is 19.5 Å². The van der Waals surface area contributed by atoms with Gasteiger partial charge in [0.15, 0.2) is 0 Å². The number of aryl methyl sites for hydroxylation is 1. The van der Waals surface area contributed by atoms with Crippen LogP contribution in [0.2, 0.25) is 5.02 Å². The molecule has 0 fully saturated rings. The lowest BCUT2D eigenvalue weighted by Crippen LogP contribution is -2.46. The van der Waals surface area contributed by atoms with Crippen LogP contribution in [0.5, 0.6) is 5.75 Å². The summed E-state index contributed by atoms with van der Waals surface area (Å²) in [6.07, 6.45) is 7.36. The molecule has 3 N–H and O–H groups in total. The maximum absolute atomic E-state index is 13.0. The molecular formula is C26H36ClN5O4. The van der Waals surface area contributed by atoms with Crippen LogP contribution in [0.3, 0.4) is 0 Å². The molecule has 2 aromatic rings. The predicted octanol–water partition coefficient (Wildman–Crippen LogP) is 3.35. The maximum Gasteiger partial charge on any atom is 0.255 e. The summed E-state index contributed by atoms with van der Waals surface area (Å²) >= 11 is 6.13. The summed E-state index contributed by atoms with van der Waals surface area (Å²) in [5.74, 6) is 0.200. The minimum atomic E-state index is -0.271. The minimum Gasteiger partial charge on any atom is -0.491 e. The Morgan fingerprint density at radius 1 is 1.28 bits per heavy atom. The van der Waals surface area contributed by atoms with E-state index >= 15 is 0 Å². The third-order valence-electron chi connectivity index (χ3n) is 5.99. The highest BCUT2D eigenvalue weighted by molar-refractivity contribution is 6.31. The SMILES string of the molecule is CC(C)C[C@H]1COc2ccc(Cl)cc2C(=O)NCCCCN(C(=O)CCCc2cn[nH]c2)CC(=O)N1. The van der Waals surface area contributed by atoms with Gasteiger partial charge >= 0.3 is 0 Å². The van der Waals surface area contributed by atoms with Gasteiger partial charge in [0.2, 0.25) is 11.8 Å². The Morgan fingerprint density at radius 2 is 2.11 bits per heavy atom. The molecule has 1 atom stereocenters. The van der Waals surface area contributed by atoms with Crippen molar-refractivity contribution in [2.24, 2.45) is 5.92 Å². The lowest BCUT2D eigenvalue weighted by atomic mass is 10.0. The Bertz CT molecular complexity index is 1010. The Labute approximate surface area is 217 Å². The van der Waals surface area contributed by atoms with Gasteiger partial charge in [0.05, 0.1) is 24.3 Å². The van der Waals surface area contributed by atoms with Crippen molar-refractivity contribution in [3.05, 3.63) is 46.7 Å². The van der Waals surface area contributed by atoms with Crippen LogP contribution in [0, 0.1) is 5.92 Å². The van der Waals surface area contributed by atoms with Gasteiger partial charge in [0.25, 0.3) is 5.91 Å². The summed E-state index contributed by atoms with van der Waals surface area (Å²) in [5, 5.41) is 13.1. The van der Waals surface area contributed by atoms with Gasteiger partial charge in [0.1, 0.15) is 12.4 Å². The third kappa shape index (κ3) is 8.86. The molecule has 0 saturated carbocycles. The van der Waals surface area contributed by atoms with Crippen molar-refractivity contribution in [1.29, 1.82) is 0 Å². The summed E-state index contributed by atoms with van der Waals surface area (Å²) in [6.45, 7) is 5.22. The van der Waals surface area contributed by atoms with Crippen LogP contribution >= 0.6 is 11.6 Å². The van der Waals surface area contributed by atoms with E-state index in [0.29, 0.717) is 67.4 Å². The second-order valence-corrected chi connectivity index (χ2v) is 10.0. The zero-order chi connectivity index (χ0) is 25.9. The highest BCUT2D eigenvalue weighted by Gasteiger charge is 2.22. The molecule has 0 unspecified atom stereocenters. The molecule has 36 heavy (non-hydrogen) atoms. The minimum absolute atomic E-state index is 0.00229. The lowest BCUT2D eigenvalue weighted by Gasteiger charge is -2.25. The number of amides is 3. The number of ether oxygens (including phenoxy) is 1. The summed E-state index contributed by atoms with van der Waals surface area (Å²) in [7, 11) is 0. The molecule has 2 heterocycles. The fourth-order valence-corrected chi connectivity index (χ4v) is 4.39. The van der Waals surface area contributed by atoms with Crippen molar-refractivity contribution in [2.45, 2.75) is 58.4 Å². The summed E-state index contributed by atoms with van der Waals surface area (Å²) in [4.78, 5) is 40.4. The second-order valence-electron chi connectivity index (χ2n) is 9.58.